The number of hydrogen-bond acceptors (Lipinski definition) is 7. The van der Waals surface area contributed by atoms with Crippen LogP contribution in [0.25, 0.3) is 11.3 Å². The van der Waals surface area contributed by atoms with Crippen molar-refractivity contribution in [2.24, 2.45) is 0 Å². The van der Waals surface area contributed by atoms with E-state index in [0.717, 1.165) is 50.2 Å². The van der Waals surface area contributed by atoms with E-state index >= 15 is 0 Å². The van der Waals surface area contributed by atoms with E-state index in [4.69, 9.17) is 18.9 Å². The molecule has 0 amide bonds. The molecule has 194 valence electrons. The molecule has 1 atom stereocenters. The lowest BCUT2D eigenvalue weighted by Crippen LogP contribution is -2.42. The first kappa shape index (κ1) is 26.0. The van der Waals surface area contributed by atoms with Crippen LogP contribution in [0.4, 0.5) is 0 Å². The van der Waals surface area contributed by atoms with Crippen LogP contribution in [-0.2, 0) is 11.3 Å². The second kappa shape index (κ2) is 11.8. The third kappa shape index (κ3) is 5.85. The molecule has 2 aromatic rings. The summed E-state index contributed by atoms with van der Waals surface area (Å²) in [5.74, 6) is 1.81. The average molecular weight is 494 g/mol. The molecule has 0 radical (unpaired) electrons. The molecule has 1 aliphatic heterocycles. The van der Waals surface area contributed by atoms with E-state index in [2.05, 4.69) is 59.4 Å². The van der Waals surface area contributed by atoms with Crippen molar-refractivity contribution >= 4 is 0 Å². The molecule has 36 heavy (non-hydrogen) atoms. The summed E-state index contributed by atoms with van der Waals surface area (Å²) < 4.78 is 22.6. The van der Waals surface area contributed by atoms with Crippen LogP contribution in [-0.4, -0.2) is 62.6 Å². The van der Waals surface area contributed by atoms with Crippen molar-refractivity contribution in [2.75, 3.05) is 41.0 Å². The van der Waals surface area contributed by atoms with Gasteiger partial charge in [-0.25, -0.2) is 0 Å². The van der Waals surface area contributed by atoms with Gasteiger partial charge >= 0.3 is 0 Å². The molecule has 1 unspecified atom stereocenters. The molecular weight excluding hydrogens is 454 g/mol. The van der Waals surface area contributed by atoms with Gasteiger partial charge in [0.1, 0.15) is 0 Å². The van der Waals surface area contributed by atoms with E-state index in [1.165, 1.54) is 11.3 Å². The zero-order valence-electron chi connectivity index (χ0n) is 22.2. The minimum atomic E-state index is -0.228. The van der Waals surface area contributed by atoms with E-state index in [1.807, 2.05) is 18.3 Å². The molecule has 0 spiro atoms. The third-order valence-corrected chi connectivity index (χ3v) is 7.02. The van der Waals surface area contributed by atoms with Gasteiger partial charge in [0.2, 0.25) is 5.75 Å². The quantitative estimate of drug-likeness (QED) is 0.501. The van der Waals surface area contributed by atoms with E-state index < -0.39 is 0 Å². The minimum absolute atomic E-state index is 0.228. The summed E-state index contributed by atoms with van der Waals surface area (Å²) in [5.41, 5.74) is 4.04. The highest BCUT2D eigenvalue weighted by atomic mass is 16.5. The van der Waals surface area contributed by atoms with E-state index in [1.54, 1.807) is 21.3 Å². The van der Waals surface area contributed by atoms with Gasteiger partial charge in [-0.3, -0.25) is 4.98 Å². The Morgan fingerprint density at radius 1 is 1.06 bits per heavy atom. The van der Waals surface area contributed by atoms with Gasteiger partial charge in [-0.1, -0.05) is 12.2 Å². The molecule has 1 aliphatic carbocycles. The van der Waals surface area contributed by atoms with Gasteiger partial charge in [-0.2, -0.15) is 0 Å². The third-order valence-electron chi connectivity index (χ3n) is 7.02. The average Bonchev–Trinajstić information content (AvgIpc) is 2.92. The van der Waals surface area contributed by atoms with Crippen molar-refractivity contribution in [1.82, 2.24) is 15.2 Å². The molecule has 7 heteroatoms. The second-order valence-corrected chi connectivity index (χ2v) is 9.48. The number of ether oxygens (including phenoxy) is 4. The first-order valence-electron chi connectivity index (χ1n) is 12.8. The fourth-order valence-corrected chi connectivity index (χ4v) is 5.06. The SMILES string of the molecule is CCOC1(C)C=CC(N(Cc2ccnc(-c3cc(OC)c(OC)c(OC)c3)c2)C2CCNCC2)=CC1. The summed E-state index contributed by atoms with van der Waals surface area (Å²) in [7, 11) is 4.87. The van der Waals surface area contributed by atoms with Crippen LogP contribution >= 0.6 is 0 Å². The first-order valence-corrected chi connectivity index (χ1v) is 12.8. The number of hydrogen-bond donors (Lipinski definition) is 1. The fourth-order valence-electron chi connectivity index (χ4n) is 5.06. The van der Waals surface area contributed by atoms with E-state index in [-0.39, 0.29) is 5.60 Å². The number of methoxy groups -OCH3 is 3. The lowest BCUT2D eigenvalue weighted by Gasteiger charge is -2.39. The lowest BCUT2D eigenvalue weighted by molar-refractivity contribution is 0.0140. The number of pyridine rings is 1. The Hall–Kier alpha value is -3.03. The zero-order valence-corrected chi connectivity index (χ0v) is 22.2. The van der Waals surface area contributed by atoms with Crippen LogP contribution in [0.2, 0.25) is 0 Å². The number of aromatic nitrogens is 1. The smallest absolute Gasteiger partial charge is 0.203 e. The Morgan fingerprint density at radius 3 is 2.36 bits per heavy atom. The molecule has 2 aliphatic rings. The zero-order chi connectivity index (χ0) is 25.5. The molecule has 1 N–H and O–H groups in total. The molecule has 1 aromatic heterocycles. The van der Waals surface area contributed by atoms with Gasteiger partial charge in [0, 0.05) is 43.1 Å². The summed E-state index contributed by atoms with van der Waals surface area (Å²) in [6.45, 7) is 7.81. The highest BCUT2D eigenvalue weighted by Gasteiger charge is 2.28. The Labute approximate surface area is 215 Å². The standard InChI is InChI=1S/C29H39N3O4/c1-6-36-29(2)12-7-23(8-13-29)32(24-10-14-30-15-11-24)20-21-9-16-31-25(17-21)22-18-26(33-3)28(35-5)27(19-22)34-4/h7-9,12,16-19,24,30H,6,10-11,13-15,20H2,1-5H3. The Kier molecular flexibility index (Phi) is 8.54. The molecule has 7 nitrogen and oxygen atoms in total. The maximum absolute atomic E-state index is 5.98. The largest absolute Gasteiger partial charge is 0.493 e. The molecule has 1 aromatic carbocycles. The molecule has 1 fully saturated rings. The summed E-state index contributed by atoms with van der Waals surface area (Å²) in [4.78, 5) is 7.21. The molecule has 1 saturated heterocycles. The maximum Gasteiger partial charge on any atom is 0.203 e. The highest BCUT2D eigenvalue weighted by Crippen LogP contribution is 2.41. The van der Waals surface area contributed by atoms with Crippen LogP contribution in [0.1, 0.15) is 38.7 Å². The maximum atomic E-state index is 5.98. The van der Waals surface area contributed by atoms with Crippen molar-refractivity contribution in [2.45, 2.75) is 51.3 Å². The normalized spacial score (nSPS) is 20.1. The second-order valence-electron chi connectivity index (χ2n) is 9.48. The summed E-state index contributed by atoms with van der Waals surface area (Å²) in [5, 5.41) is 3.50. The van der Waals surface area contributed by atoms with Gasteiger partial charge < -0.3 is 29.2 Å². The Balaban J connectivity index is 1.63. The van der Waals surface area contributed by atoms with Crippen molar-refractivity contribution in [3.05, 3.63) is 60.0 Å². The monoisotopic (exact) mass is 493 g/mol. The summed E-state index contributed by atoms with van der Waals surface area (Å²) in [6, 6.07) is 8.63. The number of piperidine rings is 1. The first-order chi connectivity index (χ1) is 17.5. The molecule has 0 saturated carbocycles. The molecule has 2 heterocycles. The van der Waals surface area contributed by atoms with E-state index in [9.17, 15) is 0 Å². The fraction of sp³-hybridized carbons (Fsp3) is 0.483. The molecule has 0 bridgehead atoms. The Bertz CT molecular complexity index is 1070. The molecule has 4 rings (SSSR count). The van der Waals surface area contributed by atoms with Gasteiger partial charge in [-0.15, -0.1) is 0 Å². The number of nitrogens with zero attached hydrogens (tertiary/aromatic N) is 2. The van der Waals surface area contributed by atoms with Crippen molar-refractivity contribution in [3.8, 4) is 28.5 Å². The van der Waals surface area contributed by atoms with Crippen molar-refractivity contribution < 1.29 is 18.9 Å². The number of benzene rings is 1. The van der Waals surface area contributed by atoms with Crippen LogP contribution in [0, 0.1) is 0 Å². The summed E-state index contributed by atoms with van der Waals surface area (Å²) >= 11 is 0. The topological polar surface area (TPSA) is 65.1 Å². The van der Waals surface area contributed by atoms with Crippen LogP contribution in [0.5, 0.6) is 17.2 Å². The van der Waals surface area contributed by atoms with Crippen molar-refractivity contribution in [3.63, 3.8) is 0 Å². The van der Waals surface area contributed by atoms with Gasteiger partial charge in [0.25, 0.3) is 0 Å². The minimum Gasteiger partial charge on any atom is -0.493 e. The van der Waals surface area contributed by atoms with Crippen LogP contribution in [0.15, 0.2) is 54.4 Å². The van der Waals surface area contributed by atoms with E-state index in [0.29, 0.717) is 29.9 Å². The molecular formula is C29H39N3O4. The number of allylic oxidation sites excluding steroid dienone is 1. The Morgan fingerprint density at radius 2 is 1.78 bits per heavy atom. The van der Waals surface area contributed by atoms with Gasteiger partial charge in [0.15, 0.2) is 11.5 Å². The van der Waals surface area contributed by atoms with Gasteiger partial charge in [-0.05, 0) is 75.7 Å². The highest BCUT2D eigenvalue weighted by molar-refractivity contribution is 5.69. The number of nitrogens with one attached hydrogen (secondary N) is 1. The summed E-state index contributed by atoms with van der Waals surface area (Å²) in [6.07, 6.45) is 11.8. The van der Waals surface area contributed by atoms with Crippen LogP contribution in [0.3, 0.4) is 0 Å². The van der Waals surface area contributed by atoms with Gasteiger partial charge in [0.05, 0.1) is 32.6 Å². The number of rotatable bonds is 10. The predicted molar refractivity (Wildman–Crippen MR) is 143 cm³/mol. The van der Waals surface area contributed by atoms with Crippen molar-refractivity contribution in [1.29, 1.82) is 0 Å². The lowest BCUT2D eigenvalue weighted by atomic mass is 9.94. The predicted octanol–water partition coefficient (Wildman–Crippen LogP) is 4.97. The van der Waals surface area contributed by atoms with Crippen LogP contribution < -0.4 is 19.5 Å².